The van der Waals surface area contributed by atoms with Crippen LogP contribution in [0.15, 0.2) is 0 Å². The van der Waals surface area contributed by atoms with Gasteiger partial charge in [-0.1, -0.05) is 18.7 Å². The second-order valence-electron chi connectivity index (χ2n) is 15.1. The molecule has 0 radical (unpaired) electrons. The Bertz CT molecular complexity index is 1200. The molecule has 2 aliphatic carbocycles. The molecule has 5 unspecified atom stereocenters. The molecule has 4 saturated heterocycles. The number of ether oxygens (including phenoxy) is 6. The van der Waals surface area contributed by atoms with Crippen LogP contribution < -0.4 is 5.32 Å². The summed E-state index contributed by atoms with van der Waals surface area (Å²) in [5.41, 5.74) is -1.98. The molecular weight excluding hydrogens is 660 g/mol. The van der Waals surface area contributed by atoms with Crippen molar-refractivity contribution in [3.8, 4) is 0 Å². The molecule has 4 aliphatic heterocycles. The predicted octanol–water partition coefficient (Wildman–Crippen LogP) is 0.747. The Morgan fingerprint density at radius 2 is 1.45 bits per heavy atom. The van der Waals surface area contributed by atoms with Gasteiger partial charge in [0.05, 0.1) is 45.7 Å². The first kappa shape index (κ1) is 37.5. The first-order valence-electron chi connectivity index (χ1n) is 17.9. The van der Waals surface area contributed by atoms with E-state index in [1.165, 1.54) is 11.8 Å². The van der Waals surface area contributed by atoms with Gasteiger partial charge < -0.3 is 54.2 Å². The van der Waals surface area contributed by atoms with Crippen molar-refractivity contribution in [2.45, 2.75) is 119 Å². The topological polar surface area (TPSA) is 206 Å². The molecule has 6 rings (SSSR count). The monoisotopic (exact) mass is 714 g/mol. The third kappa shape index (κ3) is 7.64. The molecule has 0 aromatic heterocycles. The fourth-order valence-corrected chi connectivity index (χ4v) is 9.07. The number of nitrogens with one attached hydrogen (secondary N) is 2. The number of aliphatic hydroxyl groups excluding tert-OH is 4. The number of amidine groups is 1. The first-order valence-corrected chi connectivity index (χ1v) is 19.1. The van der Waals surface area contributed by atoms with Crippen molar-refractivity contribution >= 4 is 28.5 Å². The van der Waals surface area contributed by atoms with E-state index in [1.54, 1.807) is 6.26 Å². The number of carbonyl (C=O) groups is 2. The SMILES string of the molecule is CSC(=N)N[C@H]1[C@H]2OC[C@](C3CCC3CC(=O)CCOCC(C)COCCC(=O)CC3CCC3[C@]34CO[C@H](C[C@@H](O)[C@H]3O)O4)(O2)[C@H](O)[C@@H]1O. The van der Waals surface area contributed by atoms with Gasteiger partial charge in [-0.05, 0) is 55.6 Å². The molecule has 6 N–H and O–H groups in total. The minimum Gasteiger partial charge on any atom is -0.390 e. The second-order valence-corrected chi connectivity index (χ2v) is 15.9. The van der Waals surface area contributed by atoms with E-state index >= 15 is 0 Å². The van der Waals surface area contributed by atoms with E-state index in [2.05, 4.69) is 5.32 Å². The normalized spacial score (nSPS) is 43.0. The van der Waals surface area contributed by atoms with Crippen molar-refractivity contribution in [2.75, 3.05) is 45.9 Å². The lowest BCUT2D eigenvalue weighted by Crippen LogP contribution is -2.69. The molecule has 6 aliphatic rings. The second kappa shape index (κ2) is 15.8. The van der Waals surface area contributed by atoms with Crippen LogP contribution in [0.25, 0.3) is 0 Å². The summed E-state index contributed by atoms with van der Waals surface area (Å²) in [4.78, 5) is 25.5. The van der Waals surface area contributed by atoms with Crippen molar-refractivity contribution in [2.24, 2.45) is 29.6 Å². The van der Waals surface area contributed by atoms with Gasteiger partial charge in [0, 0.05) is 38.0 Å². The molecule has 0 amide bonds. The zero-order chi connectivity index (χ0) is 34.9. The lowest BCUT2D eigenvalue weighted by molar-refractivity contribution is -0.253. The minimum atomic E-state index is -1.20. The van der Waals surface area contributed by atoms with Crippen molar-refractivity contribution in [3.63, 3.8) is 0 Å². The Morgan fingerprint density at radius 1 is 0.878 bits per heavy atom. The Kier molecular flexibility index (Phi) is 12.1. The van der Waals surface area contributed by atoms with Gasteiger partial charge in [0.15, 0.2) is 17.7 Å². The summed E-state index contributed by atoms with van der Waals surface area (Å²) in [6.07, 6.45) is 1.17. The van der Waals surface area contributed by atoms with Gasteiger partial charge in [0.1, 0.15) is 47.1 Å². The lowest BCUT2D eigenvalue weighted by Gasteiger charge is -2.52. The van der Waals surface area contributed by atoms with Crippen LogP contribution in [0.3, 0.4) is 0 Å². The highest BCUT2D eigenvalue weighted by atomic mass is 32.2. The summed E-state index contributed by atoms with van der Waals surface area (Å²) in [5.74, 6) is 0.286. The zero-order valence-electron chi connectivity index (χ0n) is 28.5. The molecule has 14 nitrogen and oxygen atoms in total. The van der Waals surface area contributed by atoms with E-state index in [0.717, 1.165) is 25.7 Å². The van der Waals surface area contributed by atoms with Crippen molar-refractivity contribution in [1.82, 2.24) is 5.32 Å². The number of Topliss-reactive ketones (excluding diaryl/α,β-unsaturated/α-hetero) is 2. The maximum atomic E-state index is 12.8. The predicted molar refractivity (Wildman–Crippen MR) is 176 cm³/mol. The van der Waals surface area contributed by atoms with Gasteiger partial charge >= 0.3 is 0 Å². The highest BCUT2D eigenvalue weighted by molar-refractivity contribution is 8.13. The summed E-state index contributed by atoms with van der Waals surface area (Å²) in [7, 11) is 0. The minimum absolute atomic E-state index is 0.0121. The Labute approximate surface area is 291 Å². The third-order valence-corrected chi connectivity index (χ3v) is 12.4. The van der Waals surface area contributed by atoms with Crippen molar-refractivity contribution < 1.29 is 58.4 Å². The summed E-state index contributed by atoms with van der Waals surface area (Å²) in [5, 5.41) is 53.8. The quantitative estimate of drug-likeness (QED) is 0.0699. The number of hydrogen-bond donors (Lipinski definition) is 6. The van der Waals surface area contributed by atoms with Gasteiger partial charge in [-0.25, -0.2) is 0 Å². The molecule has 4 heterocycles. The highest BCUT2D eigenvalue weighted by Crippen LogP contribution is 2.54. The molecule has 0 aromatic carbocycles. The van der Waals surface area contributed by atoms with E-state index < -0.39 is 54.2 Å². The van der Waals surface area contributed by atoms with Crippen molar-refractivity contribution in [1.29, 1.82) is 5.41 Å². The molecule has 2 saturated carbocycles. The Balaban J connectivity index is 0.829. The molecule has 15 heteroatoms. The van der Waals surface area contributed by atoms with Crippen molar-refractivity contribution in [3.05, 3.63) is 0 Å². The van der Waals surface area contributed by atoms with Crippen LogP contribution >= 0.6 is 11.8 Å². The number of ketones is 2. The standard InChI is InChI=1S/C34H54N2O12S/c1-18(14-43-9-7-21(37)11-19-3-5-23(19)33-16-45-26(47-33)13-25(39)29(33)41)15-44-10-8-22(38)12-20-4-6-24(20)34-17-46-31(48-34)27(28(40)30(34)42)36-32(35)49-2/h18-20,23-31,39-42H,3-17H2,1-2H3,(H2,35,36)/t18?,19?,20?,23?,24?,25-,26+,27-,28-,29-,30-,31+,33-,34-/m1/s1. The number of aliphatic hydroxyl groups is 4. The third-order valence-electron chi connectivity index (χ3n) is 11.9. The van der Waals surface area contributed by atoms with E-state index in [0.29, 0.717) is 45.7 Å². The van der Waals surface area contributed by atoms with E-state index in [1.807, 2.05) is 6.92 Å². The largest absolute Gasteiger partial charge is 0.390 e. The van der Waals surface area contributed by atoms with Gasteiger partial charge in [-0.2, -0.15) is 0 Å². The van der Waals surface area contributed by atoms with Gasteiger partial charge in [-0.3, -0.25) is 15.0 Å². The molecule has 4 bridgehead atoms. The Hall–Kier alpha value is -1.24. The molecule has 278 valence electrons. The number of hydrogen-bond acceptors (Lipinski definition) is 14. The van der Waals surface area contributed by atoms with Gasteiger partial charge in [-0.15, -0.1) is 0 Å². The number of fused-ring (bicyclic) bond motifs is 4. The number of rotatable bonds is 17. The van der Waals surface area contributed by atoms with Crippen LogP contribution in [0.1, 0.15) is 64.7 Å². The molecule has 0 aromatic rings. The molecule has 14 atom stereocenters. The molecule has 49 heavy (non-hydrogen) atoms. The maximum Gasteiger partial charge on any atom is 0.181 e. The number of thioether (sulfide) groups is 1. The first-order chi connectivity index (χ1) is 23.5. The highest BCUT2D eigenvalue weighted by Gasteiger charge is 2.65. The van der Waals surface area contributed by atoms with E-state index in [-0.39, 0.29) is 72.4 Å². The van der Waals surface area contributed by atoms with Crippen LogP contribution in [0.4, 0.5) is 0 Å². The van der Waals surface area contributed by atoms with Crippen LogP contribution in [0.5, 0.6) is 0 Å². The zero-order valence-corrected chi connectivity index (χ0v) is 29.3. The smallest absolute Gasteiger partial charge is 0.181 e. The molecule has 6 fully saturated rings. The Morgan fingerprint density at radius 3 is 2.00 bits per heavy atom. The average Bonchev–Trinajstić information content (AvgIpc) is 3.63. The van der Waals surface area contributed by atoms with Crippen LogP contribution in [-0.4, -0.2) is 137 Å². The number of carbonyl (C=O) groups excluding carboxylic acids is 2. The summed E-state index contributed by atoms with van der Waals surface area (Å²) in [6, 6.07) is -0.746. The summed E-state index contributed by atoms with van der Waals surface area (Å²) < 4.78 is 35.2. The van der Waals surface area contributed by atoms with E-state index in [4.69, 9.17) is 33.8 Å². The lowest BCUT2D eigenvalue weighted by atomic mass is 9.60. The summed E-state index contributed by atoms with van der Waals surface area (Å²) in [6.45, 7) is 3.86. The fourth-order valence-electron chi connectivity index (χ4n) is 8.82. The molecule has 0 spiro atoms. The van der Waals surface area contributed by atoms with Crippen LogP contribution in [0, 0.1) is 35.0 Å². The van der Waals surface area contributed by atoms with Gasteiger partial charge in [0.2, 0.25) is 0 Å². The van der Waals surface area contributed by atoms with Crippen LogP contribution in [-0.2, 0) is 38.0 Å². The van der Waals surface area contributed by atoms with Crippen LogP contribution in [0.2, 0.25) is 0 Å². The fraction of sp³-hybridized carbons (Fsp3) is 0.912. The molecular formula is C34H54N2O12S. The van der Waals surface area contributed by atoms with Gasteiger partial charge in [0.25, 0.3) is 0 Å². The maximum absolute atomic E-state index is 12.8. The van der Waals surface area contributed by atoms with E-state index in [9.17, 15) is 30.0 Å². The average molecular weight is 715 g/mol. The summed E-state index contributed by atoms with van der Waals surface area (Å²) >= 11 is 1.19.